The molecule has 124 valence electrons. The monoisotopic (exact) mass is 312 g/mol. The van der Waals surface area contributed by atoms with Crippen LogP contribution in [-0.4, -0.2) is 11.6 Å². The van der Waals surface area contributed by atoms with E-state index in [1.807, 2.05) is 0 Å². The van der Waals surface area contributed by atoms with Crippen molar-refractivity contribution in [1.82, 2.24) is 0 Å². The van der Waals surface area contributed by atoms with E-state index in [-0.39, 0.29) is 22.4 Å². The molecule has 0 radical (unpaired) electrons. The second-order valence-electron chi connectivity index (χ2n) is 8.33. The minimum absolute atomic E-state index is 0.0216. The molecule has 3 aliphatic rings. The number of carbonyl (C=O) groups is 2. The summed E-state index contributed by atoms with van der Waals surface area (Å²) in [6, 6.07) is 0. The zero-order valence-electron chi connectivity index (χ0n) is 14.8. The third-order valence-corrected chi connectivity index (χ3v) is 7.20. The second-order valence-corrected chi connectivity index (χ2v) is 8.33. The van der Waals surface area contributed by atoms with Gasteiger partial charge in [0.25, 0.3) is 0 Å². The summed E-state index contributed by atoms with van der Waals surface area (Å²) in [6.07, 6.45) is 12.3. The van der Waals surface area contributed by atoms with E-state index < -0.39 is 0 Å². The molecule has 23 heavy (non-hydrogen) atoms. The lowest BCUT2D eigenvalue weighted by atomic mass is 9.46. The number of fused-ring (bicyclic) bond motifs is 1. The smallest absolute Gasteiger partial charge is 0.182 e. The van der Waals surface area contributed by atoms with Crippen LogP contribution >= 0.6 is 0 Å². The average Bonchev–Trinajstić information content (AvgIpc) is 2.50. The summed E-state index contributed by atoms with van der Waals surface area (Å²) >= 11 is 0. The molecule has 0 aromatic heterocycles. The number of hydrogen-bond acceptors (Lipinski definition) is 2. The molecular weight excluding hydrogens is 284 g/mol. The largest absolute Gasteiger partial charge is 0.290 e. The van der Waals surface area contributed by atoms with Crippen molar-refractivity contribution in [2.45, 2.75) is 59.8 Å². The van der Waals surface area contributed by atoms with Gasteiger partial charge in [-0.1, -0.05) is 32.4 Å². The fraction of sp³-hybridized carbons (Fsp3) is 0.619. The lowest BCUT2D eigenvalue weighted by Crippen LogP contribution is -2.50. The molecule has 0 bridgehead atoms. The van der Waals surface area contributed by atoms with Gasteiger partial charge in [0.05, 0.1) is 0 Å². The Hall–Kier alpha value is -1.44. The van der Waals surface area contributed by atoms with Gasteiger partial charge in [-0.05, 0) is 79.9 Å². The summed E-state index contributed by atoms with van der Waals surface area (Å²) in [7, 11) is 0. The number of carbonyl (C=O) groups excluding carboxylic acids is 2. The van der Waals surface area contributed by atoms with Gasteiger partial charge in [-0.25, -0.2) is 0 Å². The van der Waals surface area contributed by atoms with E-state index in [0.29, 0.717) is 17.4 Å². The van der Waals surface area contributed by atoms with Crippen molar-refractivity contribution in [2.75, 3.05) is 0 Å². The quantitative estimate of drug-likeness (QED) is 0.541. The molecular formula is C21H28O2. The van der Waals surface area contributed by atoms with Crippen LogP contribution in [0.15, 0.2) is 35.5 Å². The maximum atomic E-state index is 12.2. The van der Waals surface area contributed by atoms with E-state index in [4.69, 9.17) is 0 Å². The topological polar surface area (TPSA) is 34.1 Å². The SMILES string of the molecule is CC1=CCCC2[C@@](C)(CC3=CC(=O)C=CC3=O)C(C)CC[C@@]12C. The van der Waals surface area contributed by atoms with Crippen LogP contribution in [0.25, 0.3) is 0 Å². The molecule has 2 heteroatoms. The normalized spacial score (nSPS) is 40.5. The van der Waals surface area contributed by atoms with Gasteiger partial charge in [0.2, 0.25) is 0 Å². The van der Waals surface area contributed by atoms with Crippen LogP contribution < -0.4 is 0 Å². The Morgan fingerprint density at radius 2 is 1.91 bits per heavy atom. The first-order valence-corrected chi connectivity index (χ1v) is 8.91. The number of rotatable bonds is 2. The lowest BCUT2D eigenvalue weighted by molar-refractivity contribution is -0.115. The summed E-state index contributed by atoms with van der Waals surface area (Å²) in [5, 5.41) is 0. The van der Waals surface area contributed by atoms with Crippen LogP contribution in [0.3, 0.4) is 0 Å². The summed E-state index contributed by atoms with van der Waals surface area (Å²) in [5.41, 5.74) is 2.56. The Kier molecular flexibility index (Phi) is 3.98. The highest BCUT2D eigenvalue weighted by atomic mass is 16.1. The van der Waals surface area contributed by atoms with E-state index in [1.54, 1.807) is 6.08 Å². The van der Waals surface area contributed by atoms with Crippen molar-refractivity contribution in [3.63, 3.8) is 0 Å². The minimum atomic E-state index is -0.0471. The molecule has 0 heterocycles. The van der Waals surface area contributed by atoms with E-state index in [1.165, 1.54) is 37.0 Å². The molecule has 0 spiro atoms. The fourth-order valence-electron chi connectivity index (χ4n) is 5.31. The van der Waals surface area contributed by atoms with E-state index in [9.17, 15) is 9.59 Å². The van der Waals surface area contributed by atoms with Gasteiger partial charge in [-0.15, -0.1) is 0 Å². The summed E-state index contributed by atoms with van der Waals surface area (Å²) in [5.74, 6) is 1.13. The maximum Gasteiger partial charge on any atom is 0.182 e. The predicted octanol–water partition coefficient (Wildman–Crippen LogP) is 4.81. The highest BCUT2D eigenvalue weighted by Gasteiger charge is 2.53. The van der Waals surface area contributed by atoms with Gasteiger partial charge in [-0.2, -0.15) is 0 Å². The van der Waals surface area contributed by atoms with E-state index in [0.717, 1.165) is 12.8 Å². The van der Waals surface area contributed by atoms with Crippen molar-refractivity contribution < 1.29 is 9.59 Å². The molecule has 0 aromatic rings. The van der Waals surface area contributed by atoms with Crippen molar-refractivity contribution in [2.24, 2.45) is 22.7 Å². The van der Waals surface area contributed by atoms with Gasteiger partial charge >= 0.3 is 0 Å². The first-order valence-electron chi connectivity index (χ1n) is 8.91. The number of hydrogen-bond donors (Lipinski definition) is 0. The molecule has 0 N–H and O–H groups in total. The first-order chi connectivity index (χ1) is 10.8. The average molecular weight is 312 g/mol. The van der Waals surface area contributed by atoms with Crippen LogP contribution in [0.2, 0.25) is 0 Å². The molecule has 0 aromatic carbocycles. The van der Waals surface area contributed by atoms with E-state index >= 15 is 0 Å². The summed E-state index contributed by atoms with van der Waals surface area (Å²) < 4.78 is 0. The molecule has 2 unspecified atom stereocenters. The van der Waals surface area contributed by atoms with Gasteiger partial charge < -0.3 is 0 Å². The lowest BCUT2D eigenvalue weighted by Gasteiger charge is -2.58. The predicted molar refractivity (Wildman–Crippen MR) is 92.9 cm³/mol. The molecule has 3 rings (SSSR count). The van der Waals surface area contributed by atoms with Crippen LogP contribution in [0, 0.1) is 22.7 Å². The summed E-state index contributed by atoms with van der Waals surface area (Å²) in [4.78, 5) is 24.0. The van der Waals surface area contributed by atoms with Crippen LogP contribution in [0.5, 0.6) is 0 Å². The number of ketones is 2. The standard InChI is InChI=1S/C21H28O2/c1-14-6-5-7-19-20(14,3)11-10-15(2)21(19,4)13-16-12-17(22)8-9-18(16)23/h6,8-9,12,15,19H,5,7,10-11,13H2,1-4H3/t15?,19?,20-,21-/m0/s1. The van der Waals surface area contributed by atoms with Gasteiger partial charge in [0.15, 0.2) is 11.6 Å². The van der Waals surface area contributed by atoms with Crippen LogP contribution in [0.4, 0.5) is 0 Å². The molecule has 4 atom stereocenters. The molecule has 0 aliphatic heterocycles. The number of allylic oxidation sites excluding steroid dienone is 6. The zero-order chi connectivity index (χ0) is 16.8. The Bertz CT molecular complexity index is 636. The molecule has 1 saturated carbocycles. The molecule has 1 fully saturated rings. The fourth-order valence-corrected chi connectivity index (χ4v) is 5.31. The third-order valence-electron chi connectivity index (χ3n) is 7.20. The highest BCUT2D eigenvalue weighted by Crippen LogP contribution is 2.62. The maximum absolute atomic E-state index is 12.2. The highest BCUT2D eigenvalue weighted by molar-refractivity contribution is 6.17. The Labute approximate surface area is 139 Å². The zero-order valence-corrected chi connectivity index (χ0v) is 14.8. The molecule has 3 aliphatic carbocycles. The van der Waals surface area contributed by atoms with Gasteiger partial charge in [0.1, 0.15) is 0 Å². The van der Waals surface area contributed by atoms with Gasteiger partial charge in [0, 0.05) is 5.57 Å². The Morgan fingerprint density at radius 3 is 2.65 bits per heavy atom. The molecule has 0 amide bonds. The van der Waals surface area contributed by atoms with Gasteiger partial charge in [-0.3, -0.25) is 9.59 Å². The van der Waals surface area contributed by atoms with Crippen molar-refractivity contribution in [3.8, 4) is 0 Å². The molecule has 0 saturated heterocycles. The van der Waals surface area contributed by atoms with Crippen LogP contribution in [0.1, 0.15) is 59.8 Å². The Morgan fingerprint density at radius 1 is 1.17 bits per heavy atom. The van der Waals surface area contributed by atoms with E-state index in [2.05, 4.69) is 33.8 Å². The second kappa shape index (κ2) is 5.58. The van der Waals surface area contributed by atoms with Crippen molar-refractivity contribution >= 4 is 11.6 Å². The van der Waals surface area contributed by atoms with Crippen molar-refractivity contribution in [3.05, 3.63) is 35.5 Å². The minimum Gasteiger partial charge on any atom is -0.290 e. The third kappa shape index (κ3) is 2.56. The summed E-state index contributed by atoms with van der Waals surface area (Å²) in [6.45, 7) is 9.38. The van der Waals surface area contributed by atoms with Crippen LogP contribution in [-0.2, 0) is 9.59 Å². The molecule has 2 nitrogen and oxygen atoms in total. The Balaban J connectivity index is 1.96. The van der Waals surface area contributed by atoms with Crippen molar-refractivity contribution in [1.29, 1.82) is 0 Å². The first kappa shape index (κ1) is 16.4.